The molecular weight excluding hydrogens is 286 g/mol. The molecule has 0 aliphatic carbocycles. The fraction of sp³-hybridized carbons (Fsp3) is 0.267. The fourth-order valence-corrected chi connectivity index (χ4v) is 1.55. The van der Waals surface area contributed by atoms with Crippen molar-refractivity contribution in [3.05, 3.63) is 36.4 Å². The predicted molar refractivity (Wildman–Crippen MR) is 83.1 cm³/mol. The third-order valence-electron chi connectivity index (χ3n) is 2.58. The number of nitrogens with one attached hydrogen (secondary N) is 2. The molecule has 0 spiro atoms. The van der Waals surface area contributed by atoms with E-state index in [2.05, 4.69) is 22.4 Å². The maximum absolute atomic E-state index is 11.5. The van der Waals surface area contributed by atoms with Gasteiger partial charge in [0.15, 0.2) is 11.5 Å². The number of ether oxygens (including phenoxy) is 2. The van der Waals surface area contributed by atoms with Crippen LogP contribution in [0.2, 0.25) is 0 Å². The van der Waals surface area contributed by atoms with E-state index >= 15 is 0 Å². The molecule has 0 bridgehead atoms. The number of amides is 2. The Morgan fingerprint density at radius 2 is 1.95 bits per heavy atom. The molecule has 1 aromatic rings. The van der Waals surface area contributed by atoms with Gasteiger partial charge in [-0.25, -0.2) is 5.43 Å². The molecular formula is C15H19N3O4. The Balaban J connectivity index is 2.53. The zero-order valence-electron chi connectivity index (χ0n) is 12.6. The van der Waals surface area contributed by atoms with Crippen LogP contribution in [0.5, 0.6) is 11.5 Å². The highest BCUT2D eigenvalue weighted by Crippen LogP contribution is 2.26. The van der Waals surface area contributed by atoms with Gasteiger partial charge in [0.2, 0.25) is 11.8 Å². The van der Waals surface area contributed by atoms with Crippen LogP contribution in [0.25, 0.3) is 0 Å². The van der Waals surface area contributed by atoms with Crippen LogP contribution >= 0.6 is 0 Å². The highest BCUT2D eigenvalue weighted by atomic mass is 16.5. The van der Waals surface area contributed by atoms with Crippen molar-refractivity contribution in [3.8, 4) is 11.5 Å². The molecule has 0 aliphatic rings. The maximum Gasteiger partial charge on any atom is 0.249 e. The fourth-order valence-electron chi connectivity index (χ4n) is 1.55. The van der Waals surface area contributed by atoms with Crippen LogP contribution in [0, 0.1) is 0 Å². The van der Waals surface area contributed by atoms with Crippen LogP contribution in [0.4, 0.5) is 0 Å². The summed E-state index contributed by atoms with van der Waals surface area (Å²) in [4.78, 5) is 22.8. The van der Waals surface area contributed by atoms with Crippen LogP contribution in [0.1, 0.15) is 12.0 Å². The molecule has 1 aromatic carbocycles. The molecule has 7 heteroatoms. The van der Waals surface area contributed by atoms with Crippen molar-refractivity contribution in [2.75, 3.05) is 20.8 Å². The molecule has 0 radical (unpaired) electrons. The highest BCUT2D eigenvalue weighted by molar-refractivity contribution is 5.97. The first kappa shape index (κ1) is 17.2. The molecule has 0 aromatic heterocycles. The largest absolute Gasteiger partial charge is 0.493 e. The molecule has 0 unspecified atom stereocenters. The number of nitrogens with zero attached hydrogens (tertiary/aromatic N) is 1. The zero-order valence-corrected chi connectivity index (χ0v) is 12.6. The third-order valence-corrected chi connectivity index (χ3v) is 2.58. The number of rotatable bonds is 8. The molecule has 118 valence electrons. The van der Waals surface area contributed by atoms with Crippen molar-refractivity contribution in [3.63, 3.8) is 0 Å². The minimum Gasteiger partial charge on any atom is -0.493 e. The van der Waals surface area contributed by atoms with Crippen LogP contribution in [0.15, 0.2) is 36.0 Å². The van der Waals surface area contributed by atoms with Crippen molar-refractivity contribution in [2.45, 2.75) is 6.42 Å². The maximum atomic E-state index is 11.5. The smallest absolute Gasteiger partial charge is 0.249 e. The first-order valence-electron chi connectivity index (χ1n) is 6.52. The van der Waals surface area contributed by atoms with Crippen molar-refractivity contribution in [2.24, 2.45) is 5.10 Å². The molecule has 0 heterocycles. The van der Waals surface area contributed by atoms with Gasteiger partial charge >= 0.3 is 0 Å². The Kier molecular flexibility index (Phi) is 7.18. The van der Waals surface area contributed by atoms with Gasteiger partial charge in [0.25, 0.3) is 0 Å². The van der Waals surface area contributed by atoms with Crippen LogP contribution in [0.3, 0.4) is 0 Å². The van der Waals surface area contributed by atoms with Crippen LogP contribution in [-0.4, -0.2) is 38.8 Å². The first-order valence-corrected chi connectivity index (χ1v) is 6.52. The normalized spacial score (nSPS) is 10.1. The Hall–Kier alpha value is -2.83. The number of methoxy groups -OCH3 is 2. The summed E-state index contributed by atoms with van der Waals surface area (Å²) >= 11 is 0. The Labute approximate surface area is 129 Å². The van der Waals surface area contributed by atoms with Crippen LogP contribution in [-0.2, 0) is 9.59 Å². The quantitative estimate of drug-likeness (QED) is 0.322. The van der Waals surface area contributed by atoms with Crippen molar-refractivity contribution < 1.29 is 19.1 Å². The first-order chi connectivity index (χ1) is 10.6. The summed E-state index contributed by atoms with van der Waals surface area (Å²) in [5.41, 5.74) is 2.99. The molecule has 0 aliphatic heterocycles. The molecule has 22 heavy (non-hydrogen) atoms. The van der Waals surface area contributed by atoms with Gasteiger partial charge < -0.3 is 14.8 Å². The van der Waals surface area contributed by atoms with E-state index < -0.39 is 11.8 Å². The molecule has 0 saturated carbocycles. The minimum absolute atomic E-state index is 0.295. The standard InChI is InChI=1S/C15H19N3O4/c1-4-7-16-14(19)9-15(20)18-17-10-11-5-6-12(21-2)13(8-11)22-3/h4-6,8,10H,1,7,9H2,2-3H3,(H,16,19)(H,18,20)/b17-10-. The van der Waals surface area contributed by atoms with E-state index in [1.165, 1.54) is 19.4 Å². The molecule has 1 rings (SSSR count). The van der Waals surface area contributed by atoms with Gasteiger partial charge in [0.05, 0.1) is 20.4 Å². The van der Waals surface area contributed by atoms with Crippen molar-refractivity contribution in [1.82, 2.24) is 10.7 Å². The second kappa shape index (κ2) is 9.17. The van der Waals surface area contributed by atoms with E-state index in [4.69, 9.17) is 9.47 Å². The van der Waals surface area contributed by atoms with Crippen LogP contribution < -0.4 is 20.2 Å². The van der Waals surface area contributed by atoms with E-state index in [0.717, 1.165) is 0 Å². The lowest BCUT2D eigenvalue weighted by molar-refractivity contribution is -0.129. The van der Waals surface area contributed by atoms with E-state index in [1.54, 1.807) is 25.3 Å². The molecule has 0 saturated heterocycles. The number of hydrogen-bond donors (Lipinski definition) is 2. The van der Waals surface area contributed by atoms with Gasteiger partial charge in [0.1, 0.15) is 6.42 Å². The summed E-state index contributed by atoms with van der Waals surface area (Å²) in [6, 6.07) is 5.20. The van der Waals surface area contributed by atoms with E-state index in [1.807, 2.05) is 0 Å². The van der Waals surface area contributed by atoms with E-state index in [0.29, 0.717) is 23.6 Å². The predicted octanol–water partition coefficient (Wildman–Crippen LogP) is 0.846. The van der Waals surface area contributed by atoms with Gasteiger partial charge in [-0.05, 0) is 23.8 Å². The number of carbonyl (C=O) groups is 2. The molecule has 2 amide bonds. The van der Waals surface area contributed by atoms with Gasteiger partial charge in [-0.3, -0.25) is 9.59 Å². The Morgan fingerprint density at radius 1 is 1.23 bits per heavy atom. The minimum atomic E-state index is -0.502. The summed E-state index contributed by atoms with van der Waals surface area (Å²) in [5.74, 6) is 0.265. The van der Waals surface area contributed by atoms with Crippen molar-refractivity contribution in [1.29, 1.82) is 0 Å². The third kappa shape index (κ3) is 5.66. The number of hydrazone groups is 1. The average Bonchev–Trinajstić information content (AvgIpc) is 2.52. The number of carbonyl (C=O) groups excluding carboxylic acids is 2. The number of benzene rings is 1. The highest BCUT2D eigenvalue weighted by Gasteiger charge is 2.07. The summed E-state index contributed by atoms with van der Waals surface area (Å²) in [6.07, 6.45) is 2.68. The average molecular weight is 305 g/mol. The van der Waals surface area contributed by atoms with Gasteiger partial charge in [0, 0.05) is 6.54 Å². The lowest BCUT2D eigenvalue weighted by Gasteiger charge is -2.07. The zero-order chi connectivity index (χ0) is 16.4. The van der Waals surface area contributed by atoms with Gasteiger partial charge in [-0.1, -0.05) is 6.08 Å². The lowest BCUT2D eigenvalue weighted by atomic mass is 10.2. The second-order valence-electron chi connectivity index (χ2n) is 4.18. The van der Waals surface area contributed by atoms with E-state index in [-0.39, 0.29) is 6.42 Å². The molecule has 7 nitrogen and oxygen atoms in total. The van der Waals surface area contributed by atoms with E-state index in [9.17, 15) is 9.59 Å². The van der Waals surface area contributed by atoms with Gasteiger partial charge in [-0.15, -0.1) is 6.58 Å². The van der Waals surface area contributed by atoms with Crippen molar-refractivity contribution >= 4 is 18.0 Å². The molecule has 0 fully saturated rings. The Bertz CT molecular complexity index is 570. The SMILES string of the molecule is C=CCNC(=O)CC(=O)N/N=C\c1ccc(OC)c(OC)c1. The molecule has 2 N–H and O–H groups in total. The Morgan fingerprint density at radius 3 is 2.59 bits per heavy atom. The topological polar surface area (TPSA) is 89.0 Å². The summed E-state index contributed by atoms with van der Waals surface area (Å²) in [5, 5.41) is 6.28. The lowest BCUT2D eigenvalue weighted by Crippen LogP contribution is -2.29. The monoisotopic (exact) mass is 305 g/mol. The second-order valence-corrected chi connectivity index (χ2v) is 4.18. The summed E-state index contributed by atoms with van der Waals surface area (Å²) in [7, 11) is 3.08. The molecule has 0 atom stereocenters. The summed E-state index contributed by atoms with van der Waals surface area (Å²) in [6.45, 7) is 3.78. The van der Waals surface area contributed by atoms with Gasteiger partial charge in [-0.2, -0.15) is 5.10 Å². The number of hydrogen-bond acceptors (Lipinski definition) is 5. The summed E-state index contributed by atoms with van der Waals surface area (Å²) < 4.78 is 10.3.